The quantitative estimate of drug-likeness (QED) is 0.761. The summed E-state index contributed by atoms with van der Waals surface area (Å²) in [6, 6.07) is 1.90. The average Bonchev–Trinajstić information content (AvgIpc) is 2.98. The SMILES string of the molecule is Cc1cc(C)n(CC(=O)NNC(=O)Cc2c(C)nn(CC(C)C)c2C)n1. The molecule has 8 nitrogen and oxygen atoms in total. The summed E-state index contributed by atoms with van der Waals surface area (Å²) in [5.74, 6) is -0.126. The van der Waals surface area contributed by atoms with E-state index in [4.69, 9.17) is 0 Å². The van der Waals surface area contributed by atoms with E-state index in [0.717, 1.165) is 34.9 Å². The van der Waals surface area contributed by atoms with E-state index in [2.05, 4.69) is 34.9 Å². The lowest BCUT2D eigenvalue weighted by molar-refractivity contribution is -0.129. The van der Waals surface area contributed by atoms with Crippen molar-refractivity contribution in [3.05, 3.63) is 34.4 Å². The Kier molecular flexibility index (Phi) is 6.18. The molecule has 0 saturated heterocycles. The summed E-state index contributed by atoms with van der Waals surface area (Å²) in [6.45, 7) is 12.7. The zero-order valence-corrected chi connectivity index (χ0v) is 16.4. The van der Waals surface area contributed by atoms with Crippen LogP contribution >= 0.6 is 0 Å². The van der Waals surface area contributed by atoms with Gasteiger partial charge in [0.15, 0.2) is 0 Å². The van der Waals surface area contributed by atoms with E-state index >= 15 is 0 Å². The van der Waals surface area contributed by atoms with Crippen molar-refractivity contribution in [1.82, 2.24) is 30.4 Å². The van der Waals surface area contributed by atoms with Crippen LogP contribution in [0.4, 0.5) is 0 Å². The van der Waals surface area contributed by atoms with Crippen molar-refractivity contribution in [3.8, 4) is 0 Å². The van der Waals surface area contributed by atoms with E-state index < -0.39 is 0 Å². The molecule has 2 aromatic heterocycles. The predicted octanol–water partition coefficient (Wildman–Crippen LogP) is 1.36. The first-order valence-corrected chi connectivity index (χ1v) is 8.79. The highest BCUT2D eigenvalue weighted by molar-refractivity contribution is 5.83. The van der Waals surface area contributed by atoms with E-state index in [9.17, 15) is 9.59 Å². The summed E-state index contributed by atoms with van der Waals surface area (Å²) >= 11 is 0. The highest BCUT2D eigenvalue weighted by Crippen LogP contribution is 2.15. The number of nitrogens with one attached hydrogen (secondary N) is 2. The van der Waals surface area contributed by atoms with Gasteiger partial charge >= 0.3 is 0 Å². The van der Waals surface area contributed by atoms with Gasteiger partial charge in [-0.15, -0.1) is 0 Å². The average molecular weight is 360 g/mol. The number of nitrogens with zero attached hydrogens (tertiary/aromatic N) is 4. The van der Waals surface area contributed by atoms with Gasteiger partial charge in [0.25, 0.3) is 5.91 Å². The molecule has 2 amide bonds. The summed E-state index contributed by atoms with van der Waals surface area (Å²) in [7, 11) is 0. The molecule has 0 fully saturated rings. The molecule has 0 atom stereocenters. The van der Waals surface area contributed by atoms with Gasteiger partial charge < -0.3 is 0 Å². The monoisotopic (exact) mass is 360 g/mol. The van der Waals surface area contributed by atoms with Gasteiger partial charge in [-0.3, -0.25) is 29.8 Å². The molecular formula is C18H28N6O2. The molecule has 0 spiro atoms. The standard InChI is InChI=1S/C18H28N6O2/c1-11(2)9-24-15(6)16(14(5)22-24)8-17(25)19-20-18(26)10-23-13(4)7-12(3)21-23/h7,11H,8-10H2,1-6H3,(H,19,25)(H,20,26). The van der Waals surface area contributed by atoms with E-state index in [0.29, 0.717) is 5.92 Å². The van der Waals surface area contributed by atoms with E-state index in [1.54, 1.807) is 4.68 Å². The molecule has 0 unspecified atom stereocenters. The lowest BCUT2D eigenvalue weighted by Gasteiger charge is -2.09. The maximum absolute atomic E-state index is 12.2. The van der Waals surface area contributed by atoms with Crippen LogP contribution in [-0.2, 0) is 29.1 Å². The Morgan fingerprint density at radius 2 is 1.69 bits per heavy atom. The Morgan fingerprint density at radius 3 is 2.27 bits per heavy atom. The number of hydrogen-bond acceptors (Lipinski definition) is 4. The van der Waals surface area contributed by atoms with Crippen molar-refractivity contribution in [3.63, 3.8) is 0 Å². The van der Waals surface area contributed by atoms with Gasteiger partial charge in [0.1, 0.15) is 6.54 Å². The number of aryl methyl sites for hydroxylation is 3. The van der Waals surface area contributed by atoms with Gasteiger partial charge in [-0.2, -0.15) is 10.2 Å². The molecule has 0 saturated carbocycles. The highest BCUT2D eigenvalue weighted by Gasteiger charge is 2.16. The molecule has 0 aliphatic carbocycles. The first kappa shape index (κ1) is 19.7. The molecule has 26 heavy (non-hydrogen) atoms. The number of carbonyl (C=O) groups is 2. The third kappa shape index (κ3) is 4.93. The molecule has 0 aromatic carbocycles. The molecule has 2 rings (SSSR count). The van der Waals surface area contributed by atoms with Crippen molar-refractivity contribution < 1.29 is 9.59 Å². The van der Waals surface area contributed by atoms with Gasteiger partial charge in [0, 0.05) is 23.5 Å². The van der Waals surface area contributed by atoms with Crippen LogP contribution < -0.4 is 10.9 Å². The number of hydrogen-bond donors (Lipinski definition) is 2. The lowest BCUT2D eigenvalue weighted by atomic mass is 10.1. The summed E-state index contributed by atoms with van der Waals surface area (Å²) in [5.41, 5.74) is 9.38. The van der Waals surface area contributed by atoms with E-state index in [1.165, 1.54) is 0 Å². The predicted molar refractivity (Wildman–Crippen MR) is 98.2 cm³/mol. The Labute approximate surface area is 153 Å². The summed E-state index contributed by atoms with van der Waals surface area (Å²) in [4.78, 5) is 24.2. The third-order valence-corrected chi connectivity index (χ3v) is 4.14. The summed E-state index contributed by atoms with van der Waals surface area (Å²) in [6.07, 6.45) is 0.177. The van der Waals surface area contributed by atoms with Crippen molar-refractivity contribution >= 4 is 11.8 Å². The van der Waals surface area contributed by atoms with Crippen molar-refractivity contribution in [2.24, 2.45) is 5.92 Å². The van der Waals surface area contributed by atoms with Crippen molar-refractivity contribution in [2.45, 2.75) is 61.1 Å². The second-order valence-corrected chi connectivity index (χ2v) is 7.08. The fourth-order valence-electron chi connectivity index (χ4n) is 2.87. The Hall–Kier alpha value is -2.64. The molecule has 2 aromatic rings. The smallest absolute Gasteiger partial charge is 0.260 e. The molecule has 0 radical (unpaired) electrons. The van der Waals surface area contributed by atoms with Crippen LogP contribution in [0.25, 0.3) is 0 Å². The van der Waals surface area contributed by atoms with Crippen molar-refractivity contribution in [2.75, 3.05) is 0 Å². The molecule has 0 aliphatic heterocycles. The molecule has 0 bridgehead atoms. The third-order valence-electron chi connectivity index (χ3n) is 4.14. The van der Waals surface area contributed by atoms with Crippen LogP contribution in [0.5, 0.6) is 0 Å². The molecule has 0 aliphatic rings. The minimum Gasteiger partial charge on any atom is -0.273 e. The summed E-state index contributed by atoms with van der Waals surface area (Å²) < 4.78 is 3.53. The maximum Gasteiger partial charge on any atom is 0.260 e. The second kappa shape index (κ2) is 8.16. The number of hydrazine groups is 1. The van der Waals surface area contributed by atoms with E-state index in [-0.39, 0.29) is 24.8 Å². The van der Waals surface area contributed by atoms with Crippen LogP contribution in [0.3, 0.4) is 0 Å². The van der Waals surface area contributed by atoms with Crippen molar-refractivity contribution in [1.29, 1.82) is 0 Å². The van der Waals surface area contributed by atoms with Crippen LogP contribution in [0, 0.1) is 33.6 Å². The van der Waals surface area contributed by atoms with Crippen LogP contribution in [0.2, 0.25) is 0 Å². The highest BCUT2D eigenvalue weighted by atomic mass is 16.2. The molecule has 2 heterocycles. The number of amides is 2. The normalized spacial score (nSPS) is 11.0. The lowest BCUT2D eigenvalue weighted by Crippen LogP contribution is -2.44. The maximum atomic E-state index is 12.2. The van der Waals surface area contributed by atoms with Crippen LogP contribution in [0.1, 0.15) is 42.2 Å². The fraction of sp³-hybridized carbons (Fsp3) is 0.556. The zero-order chi connectivity index (χ0) is 19.4. The van der Waals surface area contributed by atoms with Crippen LogP contribution in [0.15, 0.2) is 6.07 Å². The number of rotatable bonds is 6. The molecule has 142 valence electrons. The van der Waals surface area contributed by atoms with Gasteiger partial charge in [-0.25, -0.2) is 0 Å². The Balaban J connectivity index is 1.90. The largest absolute Gasteiger partial charge is 0.273 e. The fourth-order valence-corrected chi connectivity index (χ4v) is 2.87. The Morgan fingerprint density at radius 1 is 1.04 bits per heavy atom. The minimum atomic E-state index is -0.325. The van der Waals surface area contributed by atoms with Crippen LogP contribution in [-0.4, -0.2) is 31.4 Å². The molecule has 2 N–H and O–H groups in total. The minimum absolute atomic E-state index is 0.0599. The van der Waals surface area contributed by atoms with E-state index in [1.807, 2.05) is 38.4 Å². The second-order valence-electron chi connectivity index (χ2n) is 7.08. The zero-order valence-electron chi connectivity index (χ0n) is 16.4. The van der Waals surface area contributed by atoms with Gasteiger partial charge in [0.2, 0.25) is 5.91 Å². The number of carbonyl (C=O) groups excluding carboxylic acids is 2. The number of aromatic nitrogens is 4. The first-order chi connectivity index (χ1) is 12.2. The topological polar surface area (TPSA) is 93.8 Å². The molecular weight excluding hydrogens is 332 g/mol. The summed E-state index contributed by atoms with van der Waals surface area (Å²) in [5, 5.41) is 8.73. The van der Waals surface area contributed by atoms with Gasteiger partial charge in [0.05, 0.1) is 17.8 Å². The first-order valence-electron chi connectivity index (χ1n) is 8.79. The van der Waals surface area contributed by atoms with Gasteiger partial charge in [-0.1, -0.05) is 13.8 Å². The van der Waals surface area contributed by atoms with Gasteiger partial charge in [-0.05, 0) is 39.7 Å². The molecule has 8 heteroatoms. The Bertz CT molecular complexity index is 803.